The van der Waals surface area contributed by atoms with Crippen molar-refractivity contribution in [3.05, 3.63) is 71.3 Å². The molecule has 0 bridgehead atoms. The molecule has 144 valence electrons. The van der Waals surface area contributed by atoms with Gasteiger partial charge in [-0.15, -0.1) is 0 Å². The summed E-state index contributed by atoms with van der Waals surface area (Å²) in [6, 6.07) is 17.1. The monoisotopic (exact) mass is 377 g/mol. The Bertz CT molecular complexity index is 1030. The quantitative estimate of drug-likeness (QED) is 0.747. The van der Waals surface area contributed by atoms with Crippen LogP contribution in [0.5, 0.6) is 11.5 Å². The number of benzene rings is 3. The molecule has 5 nitrogen and oxygen atoms in total. The predicted molar refractivity (Wildman–Crippen MR) is 108 cm³/mol. The molecule has 1 saturated heterocycles. The fourth-order valence-electron chi connectivity index (χ4n) is 3.58. The van der Waals surface area contributed by atoms with Crippen LogP contribution in [0.3, 0.4) is 0 Å². The van der Waals surface area contributed by atoms with Gasteiger partial charge in [0.2, 0.25) is 0 Å². The van der Waals surface area contributed by atoms with Gasteiger partial charge in [0.25, 0.3) is 5.91 Å². The highest BCUT2D eigenvalue weighted by Gasteiger charge is 2.26. The number of aromatic hydroxyl groups is 1. The highest BCUT2D eigenvalue weighted by atomic mass is 16.5. The number of phenolic OH excluding ortho intramolecular Hbond substituents is 1. The smallest absolute Gasteiger partial charge is 0.254 e. The van der Waals surface area contributed by atoms with Crippen LogP contribution in [-0.4, -0.2) is 42.7 Å². The summed E-state index contributed by atoms with van der Waals surface area (Å²) in [5, 5.41) is 11.9. The van der Waals surface area contributed by atoms with Gasteiger partial charge in [-0.2, -0.15) is 0 Å². The second kappa shape index (κ2) is 7.52. The van der Waals surface area contributed by atoms with Crippen molar-refractivity contribution >= 4 is 16.7 Å². The van der Waals surface area contributed by atoms with Gasteiger partial charge < -0.3 is 19.5 Å². The van der Waals surface area contributed by atoms with Gasteiger partial charge in [-0.1, -0.05) is 18.2 Å². The van der Waals surface area contributed by atoms with Gasteiger partial charge in [-0.25, -0.2) is 0 Å². The lowest BCUT2D eigenvalue weighted by Gasteiger charge is -2.33. The van der Waals surface area contributed by atoms with Gasteiger partial charge in [0, 0.05) is 12.1 Å². The zero-order chi connectivity index (χ0) is 19.7. The Labute approximate surface area is 164 Å². The zero-order valence-electron chi connectivity index (χ0n) is 16.0. The van der Waals surface area contributed by atoms with Crippen molar-refractivity contribution in [2.45, 2.75) is 13.0 Å². The van der Waals surface area contributed by atoms with Crippen molar-refractivity contribution in [3.8, 4) is 11.5 Å². The summed E-state index contributed by atoms with van der Waals surface area (Å²) in [4.78, 5) is 14.7. The molecule has 28 heavy (non-hydrogen) atoms. The summed E-state index contributed by atoms with van der Waals surface area (Å²) in [7, 11) is 1.66. The Morgan fingerprint density at radius 1 is 1.11 bits per heavy atom. The molecule has 3 aromatic carbocycles. The highest BCUT2D eigenvalue weighted by Crippen LogP contribution is 2.28. The number of rotatable bonds is 3. The lowest BCUT2D eigenvalue weighted by atomic mass is 10.0. The minimum absolute atomic E-state index is 0.0399. The van der Waals surface area contributed by atoms with E-state index < -0.39 is 0 Å². The first-order valence-electron chi connectivity index (χ1n) is 9.33. The molecule has 0 aliphatic carbocycles. The van der Waals surface area contributed by atoms with E-state index in [4.69, 9.17) is 9.47 Å². The SMILES string of the molecule is COc1ccc2cc(C3CN(C(=O)c4ccc(O)c(C)c4)CCO3)ccc2c1. The number of hydrogen-bond acceptors (Lipinski definition) is 4. The zero-order valence-corrected chi connectivity index (χ0v) is 16.0. The molecular formula is C23H23NO4. The number of carbonyl (C=O) groups excluding carboxylic acids is 1. The maximum absolute atomic E-state index is 12.9. The molecule has 0 spiro atoms. The largest absolute Gasteiger partial charge is 0.508 e. The second-order valence-electron chi connectivity index (χ2n) is 7.08. The van der Waals surface area contributed by atoms with Crippen molar-refractivity contribution in [2.75, 3.05) is 26.8 Å². The van der Waals surface area contributed by atoms with Crippen molar-refractivity contribution in [2.24, 2.45) is 0 Å². The molecule has 0 aromatic heterocycles. The van der Waals surface area contributed by atoms with Gasteiger partial charge in [0.15, 0.2) is 0 Å². The van der Waals surface area contributed by atoms with E-state index in [2.05, 4.69) is 12.1 Å². The standard InChI is InChI=1S/C23H23NO4/c1-15-11-19(6-8-21(15)25)23(26)24-9-10-28-22(14-24)18-4-3-17-13-20(27-2)7-5-16(17)12-18/h3-8,11-13,22,25H,9-10,14H2,1-2H3. The number of ether oxygens (including phenoxy) is 2. The summed E-state index contributed by atoms with van der Waals surface area (Å²) in [5.41, 5.74) is 2.33. The molecule has 1 aliphatic heterocycles. The van der Waals surface area contributed by atoms with Crippen LogP contribution in [-0.2, 0) is 4.74 Å². The van der Waals surface area contributed by atoms with Crippen molar-refractivity contribution in [3.63, 3.8) is 0 Å². The molecule has 0 saturated carbocycles. The maximum atomic E-state index is 12.9. The summed E-state index contributed by atoms with van der Waals surface area (Å²) >= 11 is 0. The molecule has 0 radical (unpaired) electrons. The molecule has 3 aromatic rings. The Morgan fingerprint density at radius 2 is 1.89 bits per heavy atom. The second-order valence-corrected chi connectivity index (χ2v) is 7.08. The number of nitrogens with zero attached hydrogens (tertiary/aromatic N) is 1. The number of methoxy groups -OCH3 is 1. The molecule has 1 aliphatic rings. The third-order valence-corrected chi connectivity index (χ3v) is 5.24. The molecule has 1 unspecified atom stereocenters. The number of carbonyl (C=O) groups is 1. The van der Waals surface area contributed by atoms with E-state index in [1.807, 2.05) is 29.2 Å². The van der Waals surface area contributed by atoms with Crippen LogP contribution < -0.4 is 4.74 Å². The topological polar surface area (TPSA) is 59.0 Å². The molecule has 4 rings (SSSR count). The van der Waals surface area contributed by atoms with E-state index in [0.717, 1.165) is 22.1 Å². The minimum Gasteiger partial charge on any atom is -0.508 e. The van der Waals surface area contributed by atoms with E-state index in [-0.39, 0.29) is 17.8 Å². The number of fused-ring (bicyclic) bond motifs is 1. The fourth-order valence-corrected chi connectivity index (χ4v) is 3.58. The predicted octanol–water partition coefficient (Wildman–Crippen LogP) is 4.08. The third kappa shape index (κ3) is 3.53. The van der Waals surface area contributed by atoms with Crippen molar-refractivity contribution in [1.82, 2.24) is 4.90 Å². The first kappa shape index (κ1) is 18.3. The lowest BCUT2D eigenvalue weighted by molar-refractivity contribution is -0.0227. The minimum atomic E-state index is -0.164. The average Bonchev–Trinajstić information content (AvgIpc) is 2.74. The van der Waals surface area contributed by atoms with Crippen molar-refractivity contribution in [1.29, 1.82) is 0 Å². The third-order valence-electron chi connectivity index (χ3n) is 5.24. The first-order chi connectivity index (χ1) is 13.5. The van der Waals surface area contributed by atoms with E-state index >= 15 is 0 Å². The van der Waals surface area contributed by atoms with Crippen LogP contribution in [0.25, 0.3) is 10.8 Å². The Morgan fingerprint density at radius 3 is 2.68 bits per heavy atom. The molecular weight excluding hydrogens is 354 g/mol. The van der Waals surface area contributed by atoms with Gasteiger partial charge in [-0.3, -0.25) is 4.79 Å². The average molecular weight is 377 g/mol. The Kier molecular flexibility index (Phi) is 4.92. The van der Waals surface area contributed by atoms with Crippen molar-refractivity contribution < 1.29 is 19.4 Å². The van der Waals surface area contributed by atoms with E-state index in [9.17, 15) is 9.90 Å². The molecule has 1 heterocycles. The molecule has 1 atom stereocenters. The number of phenols is 1. The lowest BCUT2D eigenvalue weighted by Crippen LogP contribution is -2.42. The van der Waals surface area contributed by atoms with Crippen LogP contribution in [0.2, 0.25) is 0 Å². The number of morpholine rings is 1. The summed E-state index contributed by atoms with van der Waals surface area (Å²) < 4.78 is 11.2. The van der Waals surface area contributed by atoms with E-state index in [1.165, 1.54) is 0 Å². The number of hydrogen-bond donors (Lipinski definition) is 1. The van der Waals surface area contributed by atoms with Gasteiger partial charge >= 0.3 is 0 Å². The number of aryl methyl sites for hydroxylation is 1. The summed E-state index contributed by atoms with van der Waals surface area (Å²) in [5.74, 6) is 0.987. The molecule has 1 N–H and O–H groups in total. The molecule has 1 fully saturated rings. The molecule has 1 amide bonds. The first-order valence-corrected chi connectivity index (χ1v) is 9.33. The van der Waals surface area contributed by atoms with Crippen LogP contribution in [0.4, 0.5) is 0 Å². The van der Waals surface area contributed by atoms with Crippen LogP contribution >= 0.6 is 0 Å². The van der Waals surface area contributed by atoms with Gasteiger partial charge in [0.1, 0.15) is 17.6 Å². The summed E-state index contributed by atoms with van der Waals surface area (Å²) in [6.45, 7) is 3.34. The Hall–Kier alpha value is -3.05. The van der Waals surface area contributed by atoms with Crippen LogP contribution in [0.1, 0.15) is 27.6 Å². The van der Waals surface area contributed by atoms with Crippen LogP contribution in [0, 0.1) is 6.92 Å². The highest BCUT2D eigenvalue weighted by molar-refractivity contribution is 5.94. The van der Waals surface area contributed by atoms with E-state index in [0.29, 0.717) is 30.8 Å². The van der Waals surface area contributed by atoms with Crippen LogP contribution in [0.15, 0.2) is 54.6 Å². The van der Waals surface area contributed by atoms with Gasteiger partial charge in [0.05, 0.1) is 20.3 Å². The molecule has 5 heteroatoms. The van der Waals surface area contributed by atoms with Gasteiger partial charge in [-0.05, 0) is 65.2 Å². The Balaban J connectivity index is 1.55. The number of amides is 1. The maximum Gasteiger partial charge on any atom is 0.254 e. The summed E-state index contributed by atoms with van der Waals surface area (Å²) in [6.07, 6.45) is -0.164. The normalized spacial score (nSPS) is 16.9. The van der Waals surface area contributed by atoms with E-state index in [1.54, 1.807) is 32.2 Å². The fraction of sp³-hybridized carbons (Fsp3) is 0.261.